The standard InChI is InChI=1S/C23H33FO2/c1-4-23(26)10-7-19-20-15(2)13-16-14-22(25,11-12-24)9-6-17(16)18(20)5-8-21(19,23)3/h1,15,18-20,25-26H,5-14H2,2-3H3/t15?,18-,19+,20-,21+,22?,23-/m1/s1. The number of halogens is 1. The summed E-state index contributed by atoms with van der Waals surface area (Å²) in [5, 5.41) is 21.8. The number of allylic oxidation sites excluding steroid dienone is 1. The van der Waals surface area contributed by atoms with Crippen LogP contribution in [0.5, 0.6) is 0 Å². The van der Waals surface area contributed by atoms with Crippen LogP contribution in [0, 0.1) is 41.4 Å². The third-order valence-corrected chi connectivity index (χ3v) is 8.81. The monoisotopic (exact) mass is 360 g/mol. The van der Waals surface area contributed by atoms with Gasteiger partial charge in [0.2, 0.25) is 0 Å². The number of hydrogen-bond acceptors (Lipinski definition) is 2. The highest BCUT2D eigenvalue weighted by Gasteiger charge is 2.62. The van der Waals surface area contributed by atoms with E-state index in [-0.39, 0.29) is 11.8 Å². The maximum Gasteiger partial charge on any atom is 0.130 e. The minimum absolute atomic E-state index is 0.168. The Morgan fingerprint density at radius 2 is 2.00 bits per heavy atom. The molecule has 0 amide bonds. The zero-order valence-corrected chi connectivity index (χ0v) is 16.2. The molecule has 2 unspecified atom stereocenters. The van der Waals surface area contributed by atoms with Crippen molar-refractivity contribution in [2.24, 2.45) is 29.1 Å². The lowest BCUT2D eigenvalue weighted by molar-refractivity contribution is -0.0830. The van der Waals surface area contributed by atoms with E-state index in [1.807, 2.05) is 0 Å². The Bertz CT molecular complexity index is 664. The van der Waals surface area contributed by atoms with Crippen molar-refractivity contribution < 1.29 is 14.6 Å². The molecular weight excluding hydrogens is 327 g/mol. The molecule has 0 saturated heterocycles. The molecule has 0 spiro atoms. The highest BCUT2D eigenvalue weighted by molar-refractivity contribution is 5.31. The first-order valence-electron chi connectivity index (χ1n) is 10.5. The van der Waals surface area contributed by atoms with Crippen molar-refractivity contribution in [1.82, 2.24) is 0 Å². The van der Waals surface area contributed by atoms with Crippen molar-refractivity contribution in [3.8, 4) is 12.3 Å². The van der Waals surface area contributed by atoms with Crippen LogP contribution in [0.2, 0.25) is 0 Å². The third-order valence-electron chi connectivity index (χ3n) is 8.81. The molecule has 2 saturated carbocycles. The van der Waals surface area contributed by atoms with Gasteiger partial charge in [0.25, 0.3) is 0 Å². The number of rotatable bonds is 2. The van der Waals surface area contributed by atoms with Crippen molar-refractivity contribution in [3.63, 3.8) is 0 Å². The number of fused-ring (bicyclic) bond motifs is 4. The van der Waals surface area contributed by atoms with Gasteiger partial charge in [-0.2, -0.15) is 0 Å². The molecule has 2 N–H and O–H groups in total. The van der Waals surface area contributed by atoms with E-state index in [0.29, 0.717) is 36.5 Å². The molecule has 0 bridgehead atoms. The summed E-state index contributed by atoms with van der Waals surface area (Å²) in [5.41, 5.74) is 1.02. The molecule has 144 valence electrons. The maximum atomic E-state index is 12.9. The van der Waals surface area contributed by atoms with Crippen molar-refractivity contribution >= 4 is 0 Å². The van der Waals surface area contributed by atoms with Crippen LogP contribution in [0.1, 0.15) is 71.6 Å². The predicted molar refractivity (Wildman–Crippen MR) is 101 cm³/mol. The molecule has 2 nitrogen and oxygen atoms in total. The molecule has 4 aliphatic rings. The predicted octanol–water partition coefficient (Wildman–Crippen LogP) is 4.40. The van der Waals surface area contributed by atoms with Gasteiger partial charge in [-0.05, 0) is 75.0 Å². The Labute approximate surface area is 157 Å². The fraction of sp³-hybridized carbons (Fsp3) is 0.826. The lowest BCUT2D eigenvalue weighted by atomic mass is 9.50. The maximum absolute atomic E-state index is 12.9. The third kappa shape index (κ3) is 2.45. The van der Waals surface area contributed by atoms with Crippen molar-refractivity contribution in [3.05, 3.63) is 11.1 Å². The topological polar surface area (TPSA) is 40.5 Å². The highest BCUT2D eigenvalue weighted by atomic mass is 19.1. The number of hydrogen-bond donors (Lipinski definition) is 2. The molecule has 0 aromatic carbocycles. The van der Waals surface area contributed by atoms with Gasteiger partial charge in [0.1, 0.15) is 5.60 Å². The van der Waals surface area contributed by atoms with Gasteiger partial charge in [-0.25, -0.2) is 0 Å². The SMILES string of the molecule is C#C[C@@]1(O)CC[C@H]2[C@@H]3C(C)CC4=C(CCC(O)(CCF)C4)[C@H]3CC[C@@]21C. The summed E-state index contributed by atoms with van der Waals surface area (Å²) in [7, 11) is 0. The first-order valence-corrected chi connectivity index (χ1v) is 10.5. The Hall–Kier alpha value is -0.850. The first kappa shape index (κ1) is 18.5. The summed E-state index contributed by atoms with van der Waals surface area (Å²) < 4.78 is 12.9. The van der Waals surface area contributed by atoms with Crippen molar-refractivity contribution in [2.45, 2.75) is 82.8 Å². The van der Waals surface area contributed by atoms with Crippen LogP contribution in [-0.4, -0.2) is 28.1 Å². The van der Waals surface area contributed by atoms with Crippen LogP contribution in [0.3, 0.4) is 0 Å². The Morgan fingerprint density at radius 1 is 1.23 bits per heavy atom. The largest absolute Gasteiger partial charge is 0.389 e. The number of alkyl halides is 1. The summed E-state index contributed by atoms with van der Waals surface area (Å²) in [5.74, 6) is 4.93. The van der Waals surface area contributed by atoms with Crippen LogP contribution in [0.15, 0.2) is 11.1 Å². The molecular formula is C23H33FO2. The molecule has 26 heavy (non-hydrogen) atoms. The fourth-order valence-corrected chi connectivity index (χ4v) is 7.36. The van der Waals surface area contributed by atoms with E-state index in [4.69, 9.17) is 6.42 Å². The van der Waals surface area contributed by atoms with Crippen LogP contribution in [-0.2, 0) is 0 Å². The van der Waals surface area contributed by atoms with Gasteiger partial charge < -0.3 is 10.2 Å². The molecule has 3 heteroatoms. The summed E-state index contributed by atoms with van der Waals surface area (Å²) in [4.78, 5) is 0. The average molecular weight is 361 g/mol. The van der Waals surface area contributed by atoms with Crippen LogP contribution in [0.4, 0.5) is 4.39 Å². The molecule has 2 fully saturated rings. The molecule has 4 rings (SSSR count). The number of aliphatic hydroxyl groups is 2. The Morgan fingerprint density at radius 3 is 2.69 bits per heavy atom. The summed E-state index contributed by atoms with van der Waals surface area (Å²) in [6, 6.07) is 0. The molecule has 4 aliphatic carbocycles. The quantitative estimate of drug-likeness (QED) is 0.566. The molecule has 0 radical (unpaired) electrons. The van der Waals surface area contributed by atoms with Gasteiger partial charge in [0, 0.05) is 11.8 Å². The second-order valence-electron chi connectivity index (χ2n) is 9.94. The fourth-order valence-electron chi connectivity index (χ4n) is 7.36. The highest BCUT2D eigenvalue weighted by Crippen LogP contribution is 2.65. The molecule has 0 aromatic rings. The smallest absolute Gasteiger partial charge is 0.130 e. The summed E-state index contributed by atoms with van der Waals surface area (Å²) in [6.45, 7) is 4.12. The van der Waals surface area contributed by atoms with E-state index in [0.717, 1.165) is 38.5 Å². The normalized spacial score (nSPS) is 50.6. The van der Waals surface area contributed by atoms with Crippen LogP contribution >= 0.6 is 0 Å². The zero-order valence-electron chi connectivity index (χ0n) is 16.2. The van der Waals surface area contributed by atoms with Crippen LogP contribution in [0.25, 0.3) is 0 Å². The summed E-state index contributed by atoms with van der Waals surface area (Å²) >= 11 is 0. The van der Waals surface area contributed by atoms with E-state index in [9.17, 15) is 14.6 Å². The second kappa shape index (κ2) is 6.08. The van der Waals surface area contributed by atoms with Crippen molar-refractivity contribution in [1.29, 1.82) is 0 Å². The first-order chi connectivity index (χ1) is 12.3. The minimum atomic E-state index is -0.953. The molecule has 7 atom stereocenters. The van der Waals surface area contributed by atoms with Gasteiger partial charge in [-0.15, -0.1) is 6.42 Å². The van der Waals surface area contributed by atoms with Gasteiger partial charge in [-0.3, -0.25) is 4.39 Å². The minimum Gasteiger partial charge on any atom is -0.389 e. The van der Waals surface area contributed by atoms with Gasteiger partial charge in [0.05, 0.1) is 12.3 Å². The van der Waals surface area contributed by atoms with Crippen LogP contribution < -0.4 is 0 Å². The molecule has 0 heterocycles. The van der Waals surface area contributed by atoms with Gasteiger partial charge >= 0.3 is 0 Å². The molecule has 0 aliphatic heterocycles. The average Bonchev–Trinajstić information content (AvgIpc) is 2.86. The van der Waals surface area contributed by atoms with E-state index in [2.05, 4.69) is 19.8 Å². The van der Waals surface area contributed by atoms with Gasteiger partial charge in [0.15, 0.2) is 0 Å². The Balaban J connectivity index is 1.65. The van der Waals surface area contributed by atoms with E-state index in [1.165, 1.54) is 5.57 Å². The number of terminal acetylenes is 1. The lowest BCUT2D eigenvalue weighted by Crippen LogP contribution is -2.52. The second-order valence-corrected chi connectivity index (χ2v) is 9.94. The van der Waals surface area contributed by atoms with Crippen molar-refractivity contribution in [2.75, 3.05) is 6.67 Å². The molecule has 0 aromatic heterocycles. The summed E-state index contributed by atoms with van der Waals surface area (Å²) in [6.07, 6.45) is 13.1. The van der Waals surface area contributed by atoms with E-state index >= 15 is 0 Å². The lowest BCUT2D eigenvalue weighted by Gasteiger charge is -2.56. The van der Waals surface area contributed by atoms with E-state index < -0.39 is 17.9 Å². The Kier molecular flexibility index (Phi) is 4.33. The van der Waals surface area contributed by atoms with E-state index in [1.54, 1.807) is 5.57 Å². The zero-order chi connectivity index (χ0) is 18.7. The van der Waals surface area contributed by atoms with Gasteiger partial charge in [-0.1, -0.05) is 30.9 Å².